The average Bonchev–Trinajstić information content (AvgIpc) is 3.25. The fourth-order valence-electron chi connectivity index (χ4n) is 3.97. The maximum Gasteiger partial charge on any atom is 0.321 e. The molecule has 214 valence electrons. The van der Waals surface area contributed by atoms with Crippen molar-refractivity contribution in [3.8, 4) is 11.9 Å². The molecular weight excluding hydrogens is 504 g/mol. The molecule has 2 fully saturated rings. The number of nitrogens with one attached hydrogen (secondary N) is 1. The van der Waals surface area contributed by atoms with Crippen molar-refractivity contribution in [1.82, 2.24) is 9.97 Å². The van der Waals surface area contributed by atoms with Crippen LogP contribution in [0.4, 0.5) is 5.82 Å². The number of nitrogens with zero attached hydrogens (tertiary/aromatic N) is 5. The number of methoxy groups -OCH3 is 2. The van der Waals surface area contributed by atoms with Crippen LogP contribution in [0.1, 0.15) is 13.8 Å². The molecule has 0 amide bonds. The van der Waals surface area contributed by atoms with Gasteiger partial charge in [-0.05, 0) is 19.4 Å². The average molecular weight is 543 g/mol. The van der Waals surface area contributed by atoms with Crippen LogP contribution in [0.2, 0.25) is 0 Å². The summed E-state index contributed by atoms with van der Waals surface area (Å²) >= 11 is 0. The molecule has 15 nitrogen and oxygen atoms in total. The molecule has 15 heteroatoms. The Balaban J connectivity index is 1.35. The summed E-state index contributed by atoms with van der Waals surface area (Å²) in [4.78, 5) is 11.1. The molecular formula is C23H38N6O9. The molecule has 3 rings (SSSR count). The predicted molar refractivity (Wildman–Crippen MR) is 133 cm³/mol. The van der Waals surface area contributed by atoms with Crippen LogP contribution in [0.3, 0.4) is 0 Å². The Morgan fingerprint density at radius 2 is 1.63 bits per heavy atom. The van der Waals surface area contributed by atoms with Gasteiger partial charge in [0, 0.05) is 17.5 Å². The van der Waals surface area contributed by atoms with Gasteiger partial charge in [-0.3, -0.25) is 0 Å². The summed E-state index contributed by atoms with van der Waals surface area (Å²) in [6.45, 7) is 7.79. The van der Waals surface area contributed by atoms with Gasteiger partial charge in [0.25, 0.3) is 0 Å². The molecule has 0 bridgehead atoms. The maximum atomic E-state index is 8.17. The van der Waals surface area contributed by atoms with E-state index in [-0.39, 0.29) is 30.4 Å². The zero-order valence-corrected chi connectivity index (χ0v) is 22.4. The van der Waals surface area contributed by atoms with Gasteiger partial charge in [0.15, 0.2) is 5.79 Å². The topological polar surface area (TPSA) is 170 Å². The van der Waals surface area contributed by atoms with Gasteiger partial charge in [0.1, 0.15) is 24.1 Å². The van der Waals surface area contributed by atoms with Crippen molar-refractivity contribution in [3.05, 3.63) is 16.5 Å². The van der Waals surface area contributed by atoms with Gasteiger partial charge in [0.2, 0.25) is 5.88 Å². The smallest absolute Gasteiger partial charge is 0.321 e. The first kappa shape index (κ1) is 30.1. The van der Waals surface area contributed by atoms with E-state index in [9.17, 15) is 0 Å². The van der Waals surface area contributed by atoms with Crippen LogP contribution in [0.5, 0.6) is 11.9 Å². The minimum atomic E-state index is -0.763. The Morgan fingerprint density at radius 1 is 0.974 bits per heavy atom. The fourth-order valence-corrected chi connectivity index (χ4v) is 3.97. The Morgan fingerprint density at radius 3 is 2.29 bits per heavy atom. The second kappa shape index (κ2) is 15.8. The van der Waals surface area contributed by atoms with Crippen LogP contribution in [0, 0.1) is 0 Å². The van der Waals surface area contributed by atoms with Crippen molar-refractivity contribution in [3.63, 3.8) is 0 Å². The fraction of sp³-hybridized carbons (Fsp3) is 0.826. The Hall–Kier alpha value is -2.49. The van der Waals surface area contributed by atoms with Crippen molar-refractivity contribution >= 4 is 5.82 Å². The highest BCUT2D eigenvalue weighted by Gasteiger charge is 2.52. The van der Waals surface area contributed by atoms with Crippen molar-refractivity contribution < 1.29 is 42.6 Å². The number of azide groups is 1. The quantitative estimate of drug-likeness (QED) is 0.123. The van der Waals surface area contributed by atoms with E-state index in [0.29, 0.717) is 77.7 Å². The van der Waals surface area contributed by atoms with Gasteiger partial charge in [-0.1, -0.05) is 5.11 Å². The van der Waals surface area contributed by atoms with E-state index in [1.807, 2.05) is 13.8 Å². The van der Waals surface area contributed by atoms with E-state index < -0.39 is 5.79 Å². The number of anilines is 1. The number of rotatable bonds is 18. The summed E-state index contributed by atoms with van der Waals surface area (Å²) in [5.74, 6) is 0.147. The standard InChI is InChI=1S/C23H38N6O9/c1-23(2)37-20-16(26-18-13-19(30-3)28-22(27-18)31-4)14-36-17(21(20)38-23)15-35-12-11-34-10-9-33-8-7-32-6-5-25-29-24/h13,16-17,20-21H,5-12,14-15H2,1-4H3,(H,26,27,28)/t16-,17-,20-,21+/m1/s1. The van der Waals surface area contributed by atoms with E-state index in [1.54, 1.807) is 6.07 Å². The first-order chi connectivity index (χ1) is 18.5. The predicted octanol–water partition coefficient (Wildman–Crippen LogP) is 1.57. The molecule has 0 saturated carbocycles. The van der Waals surface area contributed by atoms with Crippen molar-refractivity contribution in [1.29, 1.82) is 0 Å². The van der Waals surface area contributed by atoms with Crippen molar-refractivity contribution in [2.24, 2.45) is 5.11 Å². The summed E-state index contributed by atoms with van der Waals surface area (Å²) in [5, 5.41) is 6.72. The van der Waals surface area contributed by atoms with Gasteiger partial charge < -0.3 is 47.9 Å². The molecule has 1 aromatic rings. The maximum absolute atomic E-state index is 8.17. The summed E-state index contributed by atoms with van der Waals surface area (Å²) < 4.78 is 50.9. The normalized spacial score (nSPS) is 23.9. The second-order valence-electron chi connectivity index (χ2n) is 8.84. The van der Waals surface area contributed by atoms with Crippen LogP contribution in [0.15, 0.2) is 11.2 Å². The summed E-state index contributed by atoms with van der Waals surface area (Å²) in [5.41, 5.74) is 8.17. The number of hydrogen-bond acceptors (Lipinski definition) is 13. The highest BCUT2D eigenvalue weighted by atomic mass is 16.8. The lowest BCUT2D eigenvalue weighted by atomic mass is 9.98. The summed E-state index contributed by atoms with van der Waals surface area (Å²) in [6.07, 6.45) is -0.905. The van der Waals surface area contributed by atoms with Crippen LogP contribution >= 0.6 is 0 Å². The van der Waals surface area contributed by atoms with Crippen LogP contribution < -0.4 is 14.8 Å². The SMILES string of the molecule is COc1cc(N[C@@H]2CO[C@H](COCCOCCOCCOCCN=[N+]=[N-])[C@@H]3OC(C)(C)O[C@@H]32)nc(OC)n1. The first-order valence-electron chi connectivity index (χ1n) is 12.5. The monoisotopic (exact) mass is 542 g/mol. The molecule has 2 aliphatic heterocycles. The number of hydrogen-bond donors (Lipinski definition) is 1. The van der Waals surface area contributed by atoms with Gasteiger partial charge in [-0.2, -0.15) is 9.97 Å². The Kier molecular flexibility index (Phi) is 12.5. The first-order valence-corrected chi connectivity index (χ1v) is 12.5. The van der Waals surface area contributed by atoms with Gasteiger partial charge in [-0.15, -0.1) is 0 Å². The molecule has 38 heavy (non-hydrogen) atoms. The summed E-state index contributed by atoms with van der Waals surface area (Å²) in [7, 11) is 3.02. The third-order valence-electron chi connectivity index (χ3n) is 5.62. The molecule has 4 atom stereocenters. The van der Waals surface area contributed by atoms with E-state index in [0.717, 1.165) is 0 Å². The molecule has 0 radical (unpaired) electrons. The minimum Gasteiger partial charge on any atom is -0.481 e. The molecule has 0 spiro atoms. The largest absolute Gasteiger partial charge is 0.481 e. The zero-order valence-electron chi connectivity index (χ0n) is 22.4. The Labute approximate surface area is 221 Å². The molecule has 3 heterocycles. The minimum absolute atomic E-state index is 0.192. The van der Waals surface area contributed by atoms with Crippen molar-refractivity contribution in [2.45, 2.75) is 44.0 Å². The lowest BCUT2D eigenvalue weighted by Crippen LogP contribution is -2.55. The van der Waals surface area contributed by atoms with Gasteiger partial charge in [0.05, 0.1) is 79.7 Å². The number of ether oxygens (including phenoxy) is 9. The van der Waals surface area contributed by atoms with E-state index >= 15 is 0 Å². The third-order valence-corrected chi connectivity index (χ3v) is 5.62. The van der Waals surface area contributed by atoms with Crippen molar-refractivity contribution in [2.75, 3.05) is 85.5 Å². The number of fused-ring (bicyclic) bond motifs is 1. The van der Waals surface area contributed by atoms with E-state index in [4.69, 9.17) is 48.2 Å². The molecule has 0 aromatic carbocycles. The molecule has 2 aliphatic rings. The molecule has 1 aromatic heterocycles. The highest BCUT2D eigenvalue weighted by Crippen LogP contribution is 2.36. The van der Waals surface area contributed by atoms with E-state index in [1.165, 1.54) is 14.2 Å². The molecule has 0 unspecified atom stereocenters. The van der Waals surface area contributed by atoms with Crippen LogP contribution in [-0.2, 0) is 33.2 Å². The number of aromatic nitrogens is 2. The third kappa shape index (κ3) is 9.67. The molecule has 2 saturated heterocycles. The Bertz CT molecular complexity index is 867. The van der Waals surface area contributed by atoms with Gasteiger partial charge in [-0.25, -0.2) is 0 Å². The van der Waals surface area contributed by atoms with Crippen LogP contribution in [-0.4, -0.2) is 120 Å². The second-order valence-corrected chi connectivity index (χ2v) is 8.84. The van der Waals surface area contributed by atoms with Crippen LogP contribution in [0.25, 0.3) is 10.4 Å². The highest BCUT2D eigenvalue weighted by molar-refractivity contribution is 5.41. The van der Waals surface area contributed by atoms with E-state index in [2.05, 4.69) is 25.3 Å². The lowest BCUT2D eigenvalue weighted by Gasteiger charge is -2.37. The zero-order chi connectivity index (χ0) is 27.2. The summed E-state index contributed by atoms with van der Waals surface area (Å²) in [6, 6.07) is 1.65. The van der Waals surface area contributed by atoms with Gasteiger partial charge >= 0.3 is 6.01 Å². The molecule has 1 N–H and O–H groups in total. The molecule has 0 aliphatic carbocycles. The lowest BCUT2D eigenvalue weighted by molar-refractivity contribution is -0.160.